The van der Waals surface area contributed by atoms with Crippen LogP contribution in [0.3, 0.4) is 0 Å². The Hall–Kier alpha value is -4.73. The summed E-state index contributed by atoms with van der Waals surface area (Å²) in [5.74, 6) is 0.557. The lowest BCUT2D eigenvalue weighted by Gasteiger charge is -2.31. The number of carbonyl (C=O) groups is 1. The molecule has 0 aliphatic carbocycles. The monoisotopic (exact) mass is 746 g/mol. The number of hydroxylamine groups is 1. The summed E-state index contributed by atoms with van der Waals surface area (Å²) in [6.07, 6.45) is 5.83. The van der Waals surface area contributed by atoms with Crippen LogP contribution in [0, 0.1) is 11.7 Å². The zero-order valence-corrected chi connectivity index (χ0v) is 30.5. The number of halogens is 3. The summed E-state index contributed by atoms with van der Waals surface area (Å²) >= 11 is 6.60. The van der Waals surface area contributed by atoms with Gasteiger partial charge in [-0.2, -0.15) is 9.97 Å². The number of likely N-dealkylation sites (N-methyl/N-ethyl adjacent to an activating group) is 1. The van der Waals surface area contributed by atoms with Gasteiger partial charge in [-0.25, -0.2) is 23.6 Å². The van der Waals surface area contributed by atoms with Gasteiger partial charge >= 0.3 is 6.01 Å². The number of nitrogen functional groups attached to an aromatic ring is 1. The van der Waals surface area contributed by atoms with E-state index in [1.54, 1.807) is 29.2 Å². The number of alkyl halides is 1. The van der Waals surface area contributed by atoms with E-state index in [0.29, 0.717) is 59.5 Å². The maximum absolute atomic E-state index is 16.9. The summed E-state index contributed by atoms with van der Waals surface area (Å²) in [5.41, 5.74) is 8.57. The SMILES string of the molecule is CC(C)C1=NC(/C=C/C(=O)N2CC[C@@H](N(C)c3nc(OC[C@@]45CCCN4CC(F)C5)nc4c(F)c(-c5nc(N)cc6cccc(Cl)c56)ncc34)C2)ON1. The number of nitrogens with one attached hydrogen (secondary N) is 1. The summed E-state index contributed by atoms with van der Waals surface area (Å²) in [6.45, 7) is 6.23. The summed E-state index contributed by atoms with van der Waals surface area (Å²) in [6, 6.07) is 6.77. The van der Waals surface area contributed by atoms with Crippen molar-refractivity contribution in [3.8, 4) is 17.4 Å². The molecule has 4 aliphatic heterocycles. The van der Waals surface area contributed by atoms with Crippen LogP contribution in [-0.2, 0) is 9.63 Å². The lowest BCUT2D eigenvalue weighted by atomic mass is 9.95. The van der Waals surface area contributed by atoms with Crippen molar-refractivity contribution >= 4 is 56.7 Å². The van der Waals surface area contributed by atoms with Crippen molar-refractivity contribution in [2.45, 2.75) is 63.5 Å². The van der Waals surface area contributed by atoms with Gasteiger partial charge in [-0.1, -0.05) is 37.6 Å². The van der Waals surface area contributed by atoms with Crippen molar-refractivity contribution in [2.75, 3.05) is 50.5 Å². The van der Waals surface area contributed by atoms with E-state index in [9.17, 15) is 9.18 Å². The Balaban J connectivity index is 1.13. The molecule has 4 atom stereocenters. The molecule has 278 valence electrons. The molecular formula is C37H41ClF2N10O3. The standard InChI is InChI=1S/C37H41ClF2N10O3/c1-20(2)34-44-27(53-47-34)8-9-28(51)49-13-10-23(18-49)48(3)35-24-16-42-33(32-29-21(14-26(41)43-32)6-4-7-25(29)38)30(40)31(24)45-36(46-35)52-19-37-11-5-12-50(37)17-22(39)15-37/h4,6-9,14,16,20,22-23,27H,5,10-13,15,17-19H2,1-3H3,(H2,41,43)(H,44,47)/b9-8+/t22?,23-,27?,37+/m1/s1. The third-order valence-corrected chi connectivity index (χ3v) is 11.1. The van der Waals surface area contributed by atoms with E-state index in [1.807, 2.05) is 31.9 Å². The second kappa shape index (κ2) is 13.9. The topological polar surface area (TPSA) is 147 Å². The molecule has 0 bridgehead atoms. The lowest BCUT2D eigenvalue weighted by Crippen LogP contribution is -2.43. The predicted molar refractivity (Wildman–Crippen MR) is 199 cm³/mol. The number of aliphatic imine (C=N–C) groups is 1. The van der Waals surface area contributed by atoms with Crippen LogP contribution in [0.15, 0.2) is 47.6 Å². The molecule has 0 spiro atoms. The number of carbonyl (C=O) groups excluding carboxylic acids is 1. The Morgan fingerprint density at radius 3 is 2.91 bits per heavy atom. The van der Waals surface area contributed by atoms with Gasteiger partial charge < -0.3 is 20.3 Å². The molecule has 0 saturated carbocycles. The first-order valence-electron chi connectivity index (χ1n) is 17.9. The molecule has 13 nitrogen and oxygen atoms in total. The van der Waals surface area contributed by atoms with Crippen molar-refractivity contribution in [1.82, 2.24) is 35.2 Å². The highest BCUT2D eigenvalue weighted by atomic mass is 35.5. The average molecular weight is 747 g/mol. The fraction of sp³-hybridized carbons (Fsp3) is 0.459. The summed E-state index contributed by atoms with van der Waals surface area (Å²) in [5, 5.41) is 1.91. The van der Waals surface area contributed by atoms with Crippen LogP contribution in [0.4, 0.5) is 20.4 Å². The number of benzene rings is 1. The van der Waals surface area contributed by atoms with Gasteiger partial charge in [0.25, 0.3) is 0 Å². The Morgan fingerprint density at radius 2 is 2.09 bits per heavy atom. The largest absolute Gasteiger partial charge is 0.461 e. The smallest absolute Gasteiger partial charge is 0.319 e. The van der Waals surface area contributed by atoms with E-state index in [0.717, 1.165) is 25.2 Å². The molecular weight excluding hydrogens is 706 g/mol. The van der Waals surface area contributed by atoms with Crippen LogP contribution in [0.2, 0.25) is 5.02 Å². The van der Waals surface area contributed by atoms with Gasteiger partial charge in [0.1, 0.15) is 47.2 Å². The van der Waals surface area contributed by atoms with Crippen molar-refractivity contribution in [1.29, 1.82) is 0 Å². The first-order valence-corrected chi connectivity index (χ1v) is 18.3. The molecule has 0 radical (unpaired) electrons. The Morgan fingerprint density at radius 1 is 1.25 bits per heavy atom. The third kappa shape index (κ3) is 6.59. The molecule has 3 N–H and O–H groups in total. The van der Waals surface area contributed by atoms with Crippen molar-refractivity contribution in [2.24, 2.45) is 10.9 Å². The first kappa shape index (κ1) is 35.3. The van der Waals surface area contributed by atoms with E-state index >= 15 is 4.39 Å². The minimum Gasteiger partial charge on any atom is -0.461 e. The second-order valence-electron chi connectivity index (χ2n) is 14.6. The van der Waals surface area contributed by atoms with Gasteiger partial charge in [0, 0.05) is 62.7 Å². The van der Waals surface area contributed by atoms with Crippen LogP contribution in [0.1, 0.15) is 39.5 Å². The maximum atomic E-state index is 16.9. The quantitative estimate of drug-likeness (QED) is 0.221. The number of likely N-dealkylation sites (tertiary alicyclic amines) is 1. The highest BCUT2D eigenvalue weighted by molar-refractivity contribution is 6.36. The molecule has 7 heterocycles. The van der Waals surface area contributed by atoms with Crippen LogP contribution in [0.5, 0.6) is 6.01 Å². The summed E-state index contributed by atoms with van der Waals surface area (Å²) in [7, 11) is 1.85. The van der Waals surface area contributed by atoms with Crippen LogP contribution >= 0.6 is 11.6 Å². The number of hydrogen-bond acceptors (Lipinski definition) is 12. The molecule has 4 aromatic rings. The third-order valence-electron chi connectivity index (χ3n) is 10.8. The number of anilines is 2. The number of rotatable bonds is 9. The average Bonchev–Trinajstić information content (AvgIpc) is 3.94. The van der Waals surface area contributed by atoms with E-state index < -0.39 is 23.8 Å². The van der Waals surface area contributed by atoms with Gasteiger partial charge in [-0.3, -0.25) is 20.2 Å². The van der Waals surface area contributed by atoms with E-state index in [-0.39, 0.29) is 53.2 Å². The van der Waals surface area contributed by atoms with Gasteiger partial charge in [-0.05, 0) is 49.4 Å². The second-order valence-corrected chi connectivity index (χ2v) is 15.0. The van der Waals surface area contributed by atoms with Crippen LogP contribution in [-0.4, -0.2) is 105 Å². The first-order chi connectivity index (χ1) is 25.5. The van der Waals surface area contributed by atoms with Crippen LogP contribution < -0.4 is 20.9 Å². The number of nitrogens with two attached hydrogens (primary N) is 1. The zero-order chi connectivity index (χ0) is 37.0. The van der Waals surface area contributed by atoms with Gasteiger partial charge in [-0.15, -0.1) is 0 Å². The maximum Gasteiger partial charge on any atom is 0.319 e. The highest BCUT2D eigenvalue weighted by Crippen LogP contribution is 2.41. The number of pyridine rings is 2. The molecule has 4 aliphatic rings. The predicted octanol–water partition coefficient (Wildman–Crippen LogP) is 5.08. The molecule has 3 saturated heterocycles. The van der Waals surface area contributed by atoms with Crippen molar-refractivity contribution in [3.63, 3.8) is 0 Å². The number of amidine groups is 1. The number of amides is 1. The van der Waals surface area contributed by atoms with E-state index in [2.05, 4.69) is 30.3 Å². The molecule has 8 rings (SSSR count). The molecule has 1 aromatic carbocycles. The molecule has 3 fully saturated rings. The molecule has 16 heteroatoms. The molecule has 3 aromatic heterocycles. The normalized spacial score (nSPS) is 24.5. The molecule has 1 amide bonds. The zero-order valence-electron chi connectivity index (χ0n) is 29.7. The Labute approximate surface area is 310 Å². The van der Waals surface area contributed by atoms with Crippen molar-refractivity contribution in [3.05, 3.63) is 53.5 Å². The van der Waals surface area contributed by atoms with Crippen LogP contribution in [0.25, 0.3) is 33.1 Å². The lowest BCUT2D eigenvalue weighted by molar-refractivity contribution is -0.125. The van der Waals surface area contributed by atoms with Gasteiger partial charge in [0.2, 0.25) is 5.91 Å². The number of ether oxygens (including phenoxy) is 1. The number of hydrogen-bond donors (Lipinski definition) is 2. The van der Waals surface area contributed by atoms with E-state index in [1.165, 1.54) is 12.3 Å². The Kier molecular flexibility index (Phi) is 9.27. The van der Waals surface area contributed by atoms with Gasteiger partial charge in [0.05, 0.1) is 15.9 Å². The molecule has 53 heavy (non-hydrogen) atoms. The van der Waals surface area contributed by atoms with E-state index in [4.69, 9.17) is 31.9 Å². The van der Waals surface area contributed by atoms with Crippen molar-refractivity contribution < 1.29 is 23.1 Å². The number of nitrogens with zero attached hydrogens (tertiary/aromatic N) is 8. The fourth-order valence-corrected chi connectivity index (χ4v) is 8.26. The molecule has 2 unspecified atom stereocenters. The minimum atomic E-state index is -0.938. The van der Waals surface area contributed by atoms with Gasteiger partial charge in [0.15, 0.2) is 12.0 Å². The Bertz CT molecular complexity index is 2150. The number of aromatic nitrogens is 4. The summed E-state index contributed by atoms with van der Waals surface area (Å²) in [4.78, 5) is 47.3. The summed E-state index contributed by atoms with van der Waals surface area (Å²) < 4.78 is 37.8. The fourth-order valence-electron chi connectivity index (χ4n) is 7.99. The minimum absolute atomic E-state index is 0.0257. The highest BCUT2D eigenvalue weighted by Gasteiger charge is 2.49. The number of fused-ring (bicyclic) bond motifs is 3.